The minimum absolute atomic E-state index is 0.244. The number of para-hydroxylation sites is 1. The molecule has 2 aromatic rings. The quantitative estimate of drug-likeness (QED) is 0.847. The second-order valence-corrected chi connectivity index (χ2v) is 5.04. The van der Waals surface area contributed by atoms with Crippen LogP contribution < -0.4 is 10.5 Å². The van der Waals surface area contributed by atoms with Gasteiger partial charge in [0.05, 0.1) is 17.6 Å². The van der Waals surface area contributed by atoms with Crippen LogP contribution in [0.4, 0.5) is 0 Å². The van der Waals surface area contributed by atoms with E-state index in [0.717, 1.165) is 24.2 Å². The zero-order valence-electron chi connectivity index (χ0n) is 12.9. The monoisotopic (exact) mass is 289 g/mol. The summed E-state index contributed by atoms with van der Waals surface area (Å²) in [7, 11) is 0. The van der Waals surface area contributed by atoms with Crippen molar-refractivity contribution in [1.29, 1.82) is 0 Å². The minimum Gasteiger partial charge on any atom is -0.493 e. The average Bonchev–Trinajstić information content (AvgIpc) is 3.01. The molecule has 2 rings (SSSR count). The fourth-order valence-electron chi connectivity index (χ4n) is 2.41. The van der Waals surface area contributed by atoms with Crippen LogP contribution in [0.1, 0.15) is 39.5 Å². The van der Waals surface area contributed by atoms with Crippen LogP contribution in [0, 0.1) is 0 Å². The van der Waals surface area contributed by atoms with Crippen LogP contribution in [-0.4, -0.2) is 23.3 Å². The van der Waals surface area contributed by atoms with Gasteiger partial charge in [0.25, 0.3) is 0 Å². The maximum absolute atomic E-state index is 5.93. The Balaban J connectivity index is 2.40. The molecule has 0 saturated heterocycles. The SMILES string of the molecule is CCOc1ccccc1-c1noc(C(CC)(CC)CN)n1. The lowest BCUT2D eigenvalue weighted by Gasteiger charge is -2.24. The van der Waals surface area contributed by atoms with Gasteiger partial charge in [0.15, 0.2) is 0 Å². The lowest BCUT2D eigenvalue weighted by Crippen LogP contribution is -2.34. The molecule has 0 radical (unpaired) electrons. The Morgan fingerprint density at radius 1 is 1.19 bits per heavy atom. The molecule has 0 aliphatic heterocycles. The Bertz CT molecular complexity index is 568. The zero-order valence-corrected chi connectivity index (χ0v) is 12.9. The van der Waals surface area contributed by atoms with Crippen molar-refractivity contribution in [2.24, 2.45) is 5.73 Å². The number of hydrogen-bond donors (Lipinski definition) is 1. The highest BCUT2D eigenvalue weighted by molar-refractivity contribution is 5.63. The van der Waals surface area contributed by atoms with E-state index in [-0.39, 0.29) is 5.41 Å². The third kappa shape index (κ3) is 2.93. The van der Waals surface area contributed by atoms with Crippen molar-refractivity contribution in [3.63, 3.8) is 0 Å². The minimum atomic E-state index is -0.244. The van der Waals surface area contributed by atoms with Crippen molar-refractivity contribution >= 4 is 0 Å². The number of ether oxygens (including phenoxy) is 1. The molecule has 0 fully saturated rings. The van der Waals surface area contributed by atoms with Gasteiger partial charge in [0.2, 0.25) is 11.7 Å². The number of aromatic nitrogens is 2. The molecule has 0 spiro atoms. The Morgan fingerprint density at radius 3 is 2.52 bits per heavy atom. The van der Waals surface area contributed by atoms with E-state index in [1.165, 1.54) is 0 Å². The van der Waals surface area contributed by atoms with Crippen molar-refractivity contribution in [2.45, 2.75) is 39.0 Å². The van der Waals surface area contributed by atoms with E-state index in [1.54, 1.807) is 0 Å². The van der Waals surface area contributed by atoms with Gasteiger partial charge >= 0.3 is 0 Å². The summed E-state index contributed by atoms with van der Waals surface area (Å²) in [5, 5.41) is 4.12. The summed E-state index contributed by atoms with van der Waals surface area (Å²) < 4.78 is 11.1. The van der Waals surface area contributed by atoms with Crippen molar-refractivity contribution in [2.75, 3.05) is 13.2 Å². The molecule has 1 heterocycles. The van der Waals surface area contributed by atoms with Crippen LogP contribution in [0.2, 0.25) is 0 Å². The maximum atomic E-state index is 5.93. The summed E-state index contributed by atoms with van der Waals surface area (Å²) in [5.74, 6) is 1.92. The molecule has 0 amide bonds. The van der Waals surface area contributed by atoms with Gasteiger partial charge in [-0.1, -0.05) is 31.1 Å². The van der Waals surface area contributed by atoms with Gasteiger partial charge in [-0.2, -0.15) is 4.98 Å². The standard InChI is InChI=1S/C16H23N3O2/c1-4-16(5-2,11-17)15-18-14(19-21-15)12-9-7-8-10-13(12)20-6-3/h7-10H,4-6,11,17H2,1-3H3. The predicted octanol–water partition coefficient (Wildman–Crippen LogP) is 3.15. The third-order valence-corrected chi connectivity index (χ3v) is 4.05. The van der Waals surface area contributed by atoms with E-state index in [2.05, 4.69) is 24.0 Å². The highest BCUT2D eigenvalue weighted by Gasteiger charge is 2.33. The molecule has 5 heteroatoms. The third-order valence-electron chi connectivity index (χ3n) is 4.05. The lowest BCUT2D eigenvalue weighted by atomic mass is 9.82. The summed E-state index contributed by atoms with van der Waals surface area (Å²) in [6, 6.07) is 7.70. The second kappa shape index (κ2) is 6.72. The number of rotatable bonds is 7. The topological polar surface area (TPSA) is 74.2 Å². The van der Waals surface area contributed by atoms with Gasteiger partial charge in [0.1, 0.15) is 5.75 Å². The highest BCUT2D eigenvalue weighted by atomic mass is 16.5. The molecule has 114 valence electrons. The fraction of sp³-hybridized carbons (Fsp3) is 0.500. The van der Waals surface area contributed by atoms with E-state index in [4.69, 9.17) is 15.0 Å². The first-order chi connectivity index (χ1) is 10.2. The highest BCUT2D eigenvalue weighted by Crippen LogP contribution is 2.33. The molecule has 0 atom stereocenters. The Hall–Kier alpha value is -1.88. The molecule has 0 aliphatic carbocycles. The molecule has 2 N–H and O–H groups in total. The smallest absolute Gasteiger partial charge is 0.234 e. The first-order valence-electron chi connectivity index (χ1n) is 7.47. The summed E-state index contributed by atoms with van der Waals surface area (Å²) in [6.07, 6.45) is 1.74. The summed E-state index contributed by atoms with van der Waals surface area (Å²) in [5.41, 5.74) is 6.53. The molecule has 0 saturated carbocycles. The summed E-state index contributed by atoms with van der Waals surface area (Å²) >= 11 is 0. The van der Waals surface area contributed by atoms with Crippen molar-refractivity contribution in [3.8, 4) is 17.1 Å². The van der Waals surface area contributed by atoms with Crippen LogP contribution in [0.25, 0.3) is 11.4 Å². The van der Waals surface area contributed by atoms with Gasteiger partial charge in [-0.3, -0.25) is 0 Å². The van der Waals surface area contributed by atoms with Gasteiger partial charge in [-0.25, -0.2) is 0 Å². The number of nitrogens with zero attached hydrogens (tertiary/aromatic N) is 2. The van der Waals surface area contributed by atoms with E-state index in [0.29, 0.717) is 24.9 Å². The van der Waals surface area contributed by atoms with Crippen LogP contribution in [0.15, 0.2) is 28.8 Å². The first kappa shape index (κ1) is 15.5. The largest absolute Gasteiger partial charge is 0.493 e. The Kier molecular flexibility index (Phi) is 4.96. The van der Waals surface area contributed by atoms with E-state index in [9.17, 15) is 0 Å². The molecule has 1 aromatic heterocycles. The normalized spacial score (nSPS) is 11.6. The zero-order chi connectivity index (χ0) is 15.3. The number of nitrogens with two attached hydrogens (primary N) is 1. The van der Waals surface area contributed by atoms with Crippen LogP contribution in [0.5, 0.6) is 5.75 Å². The van der Waals surface area contributed by atoms with Gasteiger partial charge in [0, 0.05) is 6.54 Å². The summed E-state index contributed by atoms with van der Waals surface area (Å²) in [6.45, 7) is 7.22. The van der Waals surface area contributed by atoms with Gasteiger partial charge in [-0.15, -0.1) is 0 Å². The maximum Gasteiger partial charge on any atom is 0.234 e. The number of hydrogen-bond acceptors (Lipinski definition) is 5. The number of benzene rings is 1. The molecule has 5 nitrogen and oxygen atoms in total. The lowest BCUT2D eigenvalue weighted by molar-refractivity contribution is 0.267. The molecular formula is C16H23N3O2. The molecule has 21 heavy (non-hydrogen) atoms. The van der Waals surface area contributed by atoms with E-state index >= 15 is 0 Å². The van der Waals surface area contributed by atoms with Gasteiger partial charge in [-0.05, 0) is 31.9 Å². The van der Waals surface area contributed by atoms with Crippen molar-refractivity contribution < 1.29 is 9.26 Å². The predicted molar refractivity (Wildman–Crippen MR) is 82.2 cm³/mol. The average molecular weight is 289 g/mol. The molecular weight excluding hydrogens is 266 g/mol. The van der Waals surface area contributed by atoms with E-state index < -0.39 is 0 Å². The first-order valence-corrected chi connectivity index (χ1v) is 7.47. The van der Waals surface area contributed by atoms with Crippen LogP contribution in [-0.2, 0) is 5.41 Å². The molecule has 1 aromatic carbocycles. The van der Waals surface area contributed by atoms with Crippen molar-refractivity contribution in [3.05, 3.63) is 30.2 Å². The van der Waals surface area contributed by atoms with Gasteiger partial charge < -0.3 is 15.0 Å². The van der Waals surface area contributed by atoms with Crippen LogP contribution >= 0.6 is 0 Å². The molecule has 0 unspecified atom stereocenters. The van der Waals surface area contributed by atoms with Crippen LogP contribution in [0.3, 0.4) is 0 Å². The van der Waals surface area contributed by atoms with Crippen molar-refractivity contribution in [1.82, 2.24) is 10.1 Å². The second-order valence-electron chi connectivity index (χ2n) is 5.04. The Labute approximate surface area is 125 Å². The van der Waals surface area contributed by atoms with E-state index in [1.807, 2.05) is 31.2 Å². The molecule has 0 bridgehead atoms. The fourth-order valence-corrected chi connectivity index (χ4v) is 2.41. The summed E-state index contributed by atoms with van der Waals surface area (Å²) in [4.78, 5) is 4.57. The Morgan fingerprint density at radius 2 is 1.90 bits per heavy atom. The molecule has 0 aliphatic rings.